The maximum absolute atomic E-state index is 5.55. The lowest BCUT2D eigenvalue weighted by Crippen LogP contribution is -2.22. The van der Waals surface area contributed by atoms with E-state index in [4.69, 9.17) is 8.85 Å². The molecular formula is C11H23O2Si. The lowest BCUT2D eigenvalue weighted by Gasteiger charge is -2.12. The molecule has 0 aliphatic rings. The Morgan fingerprint density at radius 2 is 1.71 bits per heavy atom. The highest BCUT2D eigenvalue weighted by atomic mass is 28.3. The third kappa shape index (κ3) is 8.47. The predicted molar refractivity (Wildman–Crippen MR) is 62.5 cm³/mol. The van der Waals surface area contributed by atoms with Crippen molar-refractivity contribution in [2.24, 2.45) is 0 Å². The Morgan fingerprint density at radius 1 is 1.07 bits per heavy atom. The summed E-state index contributed by atoms with van der Waals surface area (Å²) >= 11 is 0. The lowest BCUT2D eigenvalue weighted by atomic mass is 10.2. The quantitative estimate of drug-likeness (QED) is 0.316. The van der Waals surface area contributed by atoms with Crippen LogP contribution in [-0.4, -0.2) is 22.5 Å². The molecule has 0 saturated heterocycles. The molecule has 0 rings (SSSR count). The van der Waals surface area contributed by atoms with Crippen LogP contribution in [0.2, 0.25) is 6.04 Å². The molecule has 0 atom stereocenters. The third-order valence-electron chi connectivity index (χ3n) is 1.90. The molecule has 0 amide bonds. The highest BCUT2D eigenvalue weighted by Gasteiger charge is 2.13. The number of hydrogen-bond acceptors (Lipinski definition) is 2. The fraction of sp³-hybridized carbons (Fsp3) is 0.818. The normalized spacial score (nSPS) is 10.8. The standard InChI is InChI=1S/C11H23O2Si/c1-4-7-8-9-10-11-14(12-5-2)13-6-3/h4H,1,5-11H2,2-3H3. The van der Waals surface area contributed by atoms with Crippen LogP contribution in [0.3, 0.4) is 0 Å². The molecule has 0 aliphatic carbocycles. The van der Waals surface area contributed by atoms with Gasteiger partial charge in [0.25, 0.3) is 0 Å². The van der Waals surface area contributed by atoms with Crippen molar-refractivity contribution < 1.29 is 8.85 Å². The molecule has 0 heterocycles. The number of hydrogen-bond donors (Lipinski definition) is 0. The van der Waals surface area contributed by atoms with Gasteiger partial charge in [-0.25, -0.2) is 0 Å². The summed E-state index contributed by atoms with van der Waals surface area (Å²) < 4.78 is 11.1. The van der Waals surface area contributed by atoms with Gasteiger partial charge in [-0.2, -0.15) is 0 Å². The predicted octanol–water partition coefficient (Wildman–Crippen LogP) is 3.29. The molecule has 0 aromatic carbocycles. The first-order valence-electron chi connectivity index (χ1n) is 5.57. The maximum atomic E-state index is 5.55. The van der Waals surface area contributed by atoms with Gasteiger partial charge in [-0.3, -0.25) is 0 Å². The van der Waals surface area contributed by atoms with E-state index >= 15 is 0 Å². The molecule has 14 heavy (non-hydrogen) atoms. The van der Waals surface area contributed by atoms with Gasteiger partial charge in [-0.05, 0) is 32.7 Å². The first-order valence-corrected chi connectivity index (χ1v) is 7.09. The van der Waals surface area contributed by atoms with Crippen LogP contribution in [-0.2, 0) is 8.85 Å². The summed E-state index contributed by atoms with van der Waals surface area (Å²) in [6, 6.07) is 1.11. The van der Waals surface area contributed by atoms with E-state index in [0.717, 1.165) is 25.7 Å². The molecule has 2 nitrogen and oxygen atoms in total. The average molecular weight is 215 g/mol. The second-order valence-corrected chi connectivity index (χ2v) is 4.95. The molecule has 0 bridgehead atoms. The lowest BCUT2D eigenvalue weighted by molar-refractivity contribution is 0.212. The van der Waals surface area contributed by atoms with Gasteiger partial charge in [-0.15, -0.1) is 6.58 Å². The van der Waals surface area contributed by atoms with Gasteiger partial charge in [0.2, 0.25) is 0 Å². The van der Waals surface area contributed by atoms with Crippen molar-refractivity contribution in [1.29, 1.82) is 0 Å². The average Bonchev–Trinajstić information content (AvgIpc) is 2.18. The molecule has 0 fully saturated rings. The molecule has 3 heteroatoms. The van der Waals surface area contributed by atoms with Gasteiger partial charge < -0.3 is 8.85 Å². The Labute approximate surface area is 90.2 Å². The summed E-state index contributed by atoms with van der Waals surface area (Å²) in [5.41, 5.74) is 0. The minimum atomic E-state index is -0.959. The minimum Gasteiger partial charge on any atom is -0.394 e. The smallest absolute Gasteiger partial charge is 0.384 e. The fourth-order valence-electron chi connectivity index (χ4n) is 1.24. The van der Waals surface area contributed by atoms with E-state index in [0.29, 0.717) is 0 Å². The van der Waals surface area contributed by atoms with Crippen LogP contribution in [0.5, 0.6) is 0 Å². The Hall–Kier alpha value is -0.123. The van der Waals surface area contributed by atoms with Crippen molar-refractivity contribution in [3.05, 3.63) is 12.7 Å². The van der Waals surface area contributed by atoms with Gasteiger partial charge in [0, 0.05) is 13.2 Å². The van der Waals surface area contributed by atoms with Crippen molar-refractivity contribution in [2.75, 3.05) is 13.2 Å². The Kier molecular flexibility index (Phi) is 10.9. The Bertz CT molecular complexity index is 122. The molecular weight excluding hydrogens is 192 g/mol. The zero-order chi connectivity index (χ0) is 10.6. The van der Waals surface area contributed by atoms with Crippen LogP contribution in [0.25, 0.3) is 0 Å². The summed E-state index contributed by atoms with van der Waals surface area (Å²) in [6.07, 6.45) is 6.85. The van der Waals surface area contributed by atoms with E-state index in [9.17, 15) is 0 Å². The van der Waals surface area contributed by atoms with Crippen LogP contribution < -0.4 is 0 Å². The molecule has 0 spiro atoms. The van der Waals surface area contributed by atoms with Gasteiger partial charge in [0.1, 0.15) is 0 Å². The van der Waals surface area contributed by atoms with Gasteiger partial charge in [0.15, 0.2) is 0 Å². The number of allylic oxidation sites excluding steroid dienone is 1. The summed E-state index contributed by atoms with van der Waals surface area (Å²) in [6.45, 7) is 9.33. The topological polar surface area (TPSA) is 18.5 Å². The van der Waals surface area contributed by atoms with Gasteiger partial charge >= 0.3 is 9.28 Å². The zero-order valence-corrected chi connectivity index (χ0v) is 10.6. The second kappa shape index (κ2) is 11.0. The fourth-order valence-corrected chi connectivity index (χ4v) is 2.80. The molecule has 1 radical (unpaired) electrons. The molecule has 0 unspecified atom stereocenters. The monoisotopic (exact) mass is 215 g/mol. The molecule has 0 aliphatic heterocycles. The largest absolute Gasteiger partial charge is 0.394 e. The van der Waals surface area contributed by atoms with E-state index in [-0.39, 0.29) is 0 Å². The number of rotatable bonds is 10. The third-order valence-corrected chi connectivity index (χ3v) is 3.88. The van der Waals surface area contributed by atoms with E-state index in [2.05, 4.69) is 6.58 Å². The highest BCUT2D eigenvalue weighted by Crippen LogP contribution is 2.08. The van der Waals surface area contributed by atoms with Gasteiger partial charge in [-0.1, -0.05) is 18.9 Å². The van der Waals surface area contributed by atoms with Crippen molar-refractivity contribution in [2.45, 2.75) is 45.6 Å². The summed E-state index contributed by atoms with van der Waals surface area (Å²) in [5, 5.41) is 0. The van der Waals surface area contributed by atoms with Crippen LogP contribution in [0.1, 0.15) is 39.5 Å². The molecule has 0 aromatic heterocycles. The van der Waals surface area contributed by atoms with Crippen molar-refractivity contribution in [3.63, 3.8) is 0 Å². The second-order valence-electron chi connectivity index (χ2n) is 3.13. The molecule has 0 saturated carbocycles. The Morgan fingerprint density at radius 3 is 2.21 bits per heavy atom. The molecule has 0 N–H and O–H groups in total. The highest BCUT2D eigenvalue weighted by molar-refractivity contribution is 6.44. The van der Waals surface area contributed by atoms with Crippen molar-refractivity contribution >= 4 is 9.28 Å². The van der Waals surface area contributed by atoms with Crippen LogP contribution in [0.15, 0.2) is 12.7 Å². The van der Waals surface area contributed by atoms with E-state index in [1.165, 1.54) is 19.3 Å². The van der Waals surface area contributed by atoms with E-state index in [1.54, 1.807) is 0 Å². The molecule has 0 aromatic rings. The van der Waals surface area contributed by atoms with E-state index in [1.807, 2.05) is 19.9 Å². The van der Waals surface area contributed by atoms with Crippen molar-refractivity contribution in [3.8, 4) is 0 Å². The summed E-state index contributed by atoms with van der Waals surface area (Å²) in [5.74, 6) is 0. The SMILES string of the molecule is C=CCCCCC[Si](OCC)OCC. The number of unbranched alkanes of at least 4 members (excludes halogenated alkanes) is 3. The first-order chi connectivity index (χ1) is 6.85. The van der Waals surface area contributed by atoms with Crippen LogP contribution >= 0.6 is 0 Å². The summed E-state index contributed by atoms with van der Waals surface area (Å²) in [4.78, 5) is 0. The van der Waals surface area contributed by atoms with Crippen molar-refractivity contribution in [1.82, 2.24) is 0 Å². The van der Waals surface area contributed by atoms with E-state index < -0.39 is 9.28 Å². The summed E-state index contributed by atoms with van der Waals surface area (Å²) in [7, 11) is -0.959. The minimum absolute atomic E-state index is 0.779. The molecule has 83 valence electrons. The van der Waals surface area contributed by atoms with Gasteiger partial charge in [0.05, 0.1) is 0 Å². The zero-order valence-electron chi connectivity index (χ0n) is 9.55. The maximum Gasteiger partial charge on any atom is 0.384 e. The van der Waals surface area contributed by atoms with Crippen LogP contribution in [0, 0.1) is 0 Å². The Balaban J connectivity index is 3.34. The van der Waals surface area contributed by atoms with Crippen LogP contribution in [0.4, 0.5) is 0 Å². The first kappa shape index (κ1) is 13.9.